The van der Waals surface area contributed by atoms with Crippen LogP contribution in [-0.2, 0) is 0 Å². The largest absolute Gasteiger partial charge is 0.393 e. The second-order valence-corrected chi connectivity index (χ2v) is 7.49. The zero-order valence-corrected chi connectivity index (χ0v) is 11.7. The van der Waals surface area contributed by atoms with E-state index in [2.05, 4.69) is 20.8 Å². The smallest absolute Gasteiger partial charge is 0.0596 e. The molecule has 1 N–H and O–H groups in total. The Morgan fingerprint density at radius 3 is 2.47 bits per heavy atom. The predicted octanol–water partition coefficient (Wildman–Crippen LogP) is 3.86. The van der Waals surface area contributed by atoms with Gasteiger partial charge in [-0.2, -0.15) is 0 Å². The molecule has 17 heavy (non-hydrogen) atoms. The summed E-state index contributed by atoms with van der Waals surface area (Å²) in [4.78, 5) is 0. The van der Waals surface area contributed by atoms with Gasteiger partial charge in [0, 0.05) is 0 Å². The van der Waals surface area contributed by atoms with Crippen molar-refractivity contribution in [1.29, 1.82) is 0 Å². The Morgan fingerprint density at radius 1 is 0.941 bits per heavy atom. The lowest BCUT2D eigenvalue weighted by atomic mass is 9.53. The first-order valence-electron chi connectivity index (χ1n) is 7.72. The van der Waals surface area contributed by atoms with E-state index in [4.69, 9.17) is 0 Å². The standard InChI is InChI=1S/C16H28O/c1-10-4-5-13-12(11(10)2)8-9-16(3)14(13)6-7-15(16)17/h10-15,17H,4-9H2,1-3H3. The predicted molar refractivity (Wildman–Crippen MR) is 70.6 cm³/mol. The number of hydrogen-bond acceptors (Lipinski definition) is 1. The summed E-state index contributed by atoms with van der Waals surface area (Å²) in [6.45, 7) is 7.29. The molecule has 0 aromatic carbocycles. The van der Waals surface area contributed by atoms with E-state index in [1.165, 1.54) is 32.1 Å². The van der Waals surface area contributed by atoms with Crippen LogP contribution in [-0.4, -0.2) is 11.2 Å². The van der Waals surface area contributed by atoms with Gasteiger partial charge < -0.3 is 5.11 Å². The Morgan fingerprint density at radius 2 is 1.71 bits per heavy atom. The highest BCUT2D eigenvalue weighted by molar-refractivity contribution is 5.04. The molecule has 3 aliphatic rings. The lowest BCUT2D eigenvalue weighted by molar-refractivity contribution is -0.0683. The third kappa shape index (κ3) is 1.61. The summed E-state index contributed by atoms with van der Waals surface area (Å²) >= 11 is 0. The summed E-state index contributed by atoms with van der Waals surface area (Å²) in [6, 6.07) is 0. The molecule has 3 rings (SSSR count). The van der Waals surface area contributed by atoms with E-state index in [-0.39, 0.29) is 11.5 Å². The number of aliphatic hydroxyl groups excluding tert-OH is 1. The van der Waals surface area contributed by atoms with Gasteiger partial charge in [-0.15, -0.1) is 0 Å². The lowest BCUT2D eigenvalue weighted by Gasteiger charge is -2.53. The molecule has 3 saturated carbocycles. The van der Waals surface area contributed by atoms with Crippen LogP contribution in [0.5, 0.6) is 0 Å². The van der Waals surface area contributed by atoms with E-state index < -0.39 is 0 Å². The van der Waals surface area contributed by atoms with Crippen LogP contribution in [0.2, 0.25) is 0 Å². The fraction of sp³-hybridized carbons (Fsp3) is 1.00. The molecule has 0 amide bonds. The van der Waals surface area contributed by atoms with Crippen LogP contribution in [0.4, 0.5) is 0 Å². The van der Waals surface area contributed by atoms with Crippen LogP contribution in [0.1, 0.15) is 59.3 Å². The Bertz CT molecular complexity index is 300. The van der Waals surface area contributed by atoms with Gasteiger partial charge in [0.2, 0.25) is 0 Å². The van der Waals surface area contributed by atoms with Gasteiger partial charge in [-0.3, -0.25) is 0 Å². The fourth-order valence-electron chi connectivity index (χ4n) is 5.50. The van der Waals surface area contributed by atoms with Crippen molar-refractivity contribution in [2.75, 3.05) is 0 Å². The van der Waals surface area contributed by atoms with Gasteiger partial charge in [-0.1, -0.05) is 27.2 Å². The first kappa shape index (κ1) is 12.0. The second-order valence-electron chi connectivity index (χ2n) is 7.49. The second kappa shape index (κ2) is 3.98. The fourth-order valence-corrected chi connectivity index (χ4v) is 5.50. The first-order valence-corrected chi connectivity index (χ1v) is 7.72. The topological polar surface area (TPSA) is 20.2 Å². The number of hydrogen-bond donors (Lipinski definition) is 1. The van der Waals surface area contributed by atoms with Crippen LogP contribution in [0, 0.1) is 35.0 Å². The molecule has 1 nitrogen and oxygen atoms in total. The Hall–Kier alpha value is -0.0400. The average molecular weight is 236 g/mol. The highest BCUT2D eigenvalue weighted by Gasteiger charge is 2.55. The highest BCUT2D eigenvalue weighted by atomic mass is 16.3. The Kier molecular flexibility index (Phi) is 2.81. The van der Waals surface area contributed by atoms with E-state index in [0.717, 1.165) is 36.0 Å². The Balaban J connectivity index is 1.85. The van der Waals surface area contributed by atoms with Crippen LogP contribution in [0.15, 0.2) is 0 Å². The molecule has 0 aliphatic heterocycles. The van der Waals surface area contributed by atoms with E-state index in [1.807, 2.05) is 0 Å². The molecular weight excluding hydrogens is 208 g/mol. The quantitative estimate of drug-likeness (QED) is 0.677. The minimum Gasteiger partial charge on any atom is -0.393 e. The van der Waals surface area contributed by atoms with Gasteiger partial charge in [0.1, 0.15) is 0 Å². The van der Waals surface area contributed by atoms with Crippen LogP contribution < -0.4 is 0 Å². The molecule has 7 atom stereocenters. The van der Waals surface area contributed by atoms with Crippen LogP contribution in [0.3, 0.4) is 0 Å². The molecule has 3 fully saturated rings. The molecule has 0 spiro atoms. The van der Waals surface area contributed by atoms with Crippen molar-refractivity contribution in [1.82, 2.24) is 0 Å². The third-order valence-electron chi connectivity index (χ3n) is 6.97. The monoisotopic (exact) mass is 236 g/mol. The molecule has 0 heterocycles. The minimum absolute atomic E-state index is 0.0110. The molecular formula is C16H28O. The third-order valence-corrected chi connectivity index (χ3v) is 6.97. The molecule has 7 unspecified atom stereocenters. The molecule has 3 aliphatic carbocycles. The summed E-state index contributed by atoms with van der Waals surface area (Å²) in [7, 11) is 0. The van der Waals surface area contributed by atoms with Crippen molar-refractivity contribution in [2.45, 2.75) is 65.4 Å². The van der Waals surface area contributed by atoms with Gasteiger partial charge in [-0.25, -0.2) is 0 Å². The van der Waals surface area contributed by atoms with Crippen molar-refractivity contribution in [2.24, 2.45) is 35.0 Å². The maximum Gasteiger partial charge on any atom is 0.0596 e. The first-order chi connectivity index (χ1) is 8.04. The summed E-state index contributed by atoms with van der Waals surface area (Å²) in [5.41, 5.74) is 0.265. The zero-order valence-electron chi connectivity index (χ0n) is 11.7. The maximum absolute atomic E-state index is 10.3. The molecule has 0 radical (unpaired) electrons. The van der Waals surface area contributed by atoms with Gasteiger partial charge in [0.25, 0.3) is 0 Å². The van der Waals surface area contributed by atoms with Crippen molar-refractivity contribution in [3.63, 3.8) is 0 Å². The normalized spacial score (nSPS) is 58.6. The number of fused-ring (bicyclic) bond motifs is 3. The SMILES string of the molecule is CC1CCC2C(CCC3(C)C(O)CCC23)C1C. The number of aliphatic hydroxyl groups is 1. The van der Waals surface area contributed by atoms with Crippen molar-refractivity contribution >= 4 is 0 Å². The summed E-state index contributed by atoms with van der Waals surface area (Å²) in [5, 5.41) is 10.3. The summed E-state index contributed by atoms with van der Waals surface area (Å²) < 4.78 is 0. The zero-order chi connectivity index (χ0) is 12.2. The van der Waals surface area contributed by atoms with E-state index in [9.17, 15) is 5.11 Å². The lowest BCUT2D eigenvalue weighted by Crippen LogP contribution is -2.47. The van der Waals surface area contributed by atoms with Crippen LogP contribution in [0.25, 0.3) is 0 Å². The van der Waals surface area contributed by atoms with Gasteiger partial charge in [0.05, 0.1) is 6.10 Å². The Labute approximate surface area is 106 Å². The average Bonchev–Trinajstić information content (AvgIpc) is 2.61. The van der Waals surface area contributed by atoms with Crippen molar-refractivity contribution < 1.29 is 5.11 Å². The maximum atomic E-state index is 10.3. The van der Waals surface area contributed by atoms with Gasteiger partial charge in [-0.05, 0) is 67.1 Å². The van der Waals surface area contributed by atoms with Gasteiger partial charge >= 0.3 is 0 Å². The van der Waals surface area contributed by atoms with E-state index in [1.54, 1.807) is 0 Å². The summed E-state index contributed by atoms with van der Waals surface area (Å²) in [5.74, 6) is 4.55. The van der Waals surface area contributed by atoms with E-state index in [0.29, 0.717) is 0 Å². The van der Waals surface area contributed by atoms with Crippen molar-refractivity contribution in [3.05, 3.63) is 0 Å². The molecule has 1 heteroatoms. The van der Waals surface area contributed by atoms with Gasteiger partial charge in [0.15, 0.2) is 0 Å². The van der Waals surface area contributed by atoms with E-state index >= 15 is 0 Å². The minimum atomic E-state index is -0.0110. The van der Waals surface area contributed by atoms with Crippen molar-refractivity contribution in [3.8, 4) is 0 Å². The molecule has 0 bridgehead atoms. The molecule has 0 aromatic rings. The molecule has 98 valence electrons. The highest BCUT2D eigenvalue weighted by Crippen LogP contribution is 2.60. The summed E-state index contributed by atoms with van der Waals surface area (Å²) in [6.07, 6.45) is 7.85. The number of rotatable bonds is 0. The van der Waals surface area contributed by atoms with Crippen LogP contribution >= 0.6 is 0 Å². The molecule has 0 aromatic heterocycles. The molecule has 0 saturated heterocycles.